The Kier molecular flexibility index (Phi) is 2.54. The van der Waals surface area contributed by atoms with Crippen molar-refractivity contribution in [1.29, 1.82) is 0 Å². The van der Waals surface area contributed by atoms with Gasteiger partial charge in [-0.1, -0.05) is 0 Å². The lowest BCUT2D eigenvalue weighted by molar-refractivity contribution is 0.149. The van der Waals surface area contributed by atoms with E-state index in [2.05, 4.69) is 4.98 Å². The number of hydrogen-bond acceptors (Lipinski definition) is 2. The highest BCUT2D eigenvalue weighted by molar-refractivity contribution is 5.19. The van der Waals surface area contributed by atoms with Crippen LogP contribution < -0.4 is 11.2 Å². The van der Waals surface area contributed by atoms with Crippen molar-refractivity contribution in [2.24, 2.45) is 5.73 Å². The molecule has 1 rings (SSSR count). The number of rotatable bonds is 2. The van der Waals surface area contributed by atoms with Gasteiger partial charge in [0.2, 0.25) is 0 Å². The van der Waals surface area contributed by atoms with Crippen LogP contribution in [-0.2, 0) is 6.54 Å². The minimum absolute atomic E-state index is 0.0319. The van der Waals surface area contributed by atoms with E-state index in [0.29, 0.717) is 0 Å². The van der Waals surface area contributed by atoms with Gasteiger partial charge in [-0.15, -0.1) is 0 Å². The summed E-state index contributed by atoms with van der Waals surface area (Å²) in [5.41, 5.74) is 4.12. The summed E-state index contributed by atoms with van der Waals surface area (Å²) in [5, 5.41) is 0. The Morgan fingerprint density at radius 1 is 1.50 bits per heavy atom. The van der Waals surface area contributed by atoms with E-state index in [-0.39, 0.29) is 12.1 Å². The lowest BCUT2D eigenvalue weighted by Crippen LogP contribution is -2.17. The van der Waals surface area contributed by atoms with Crippen molar-refractivity contribution >= 4 is 0 Å². The number of nitrogens with two attached hydrogens (primary N) is 1. The quantitative estimate of drug-likeness (QED) is 0.695. The van der Waals surface area contributed by atoms with Crippen LogP contribution in [0.5, 0.6) is 0 Å². The molecule has 0 atom stereocenters. The molecular formula is C7H8F2N2O. The van der Waals surface area contributed by atoms with Crippen molar-refractivity contribution in [3.63, 3.8) is 0 Å². The van der Waals surface area contributed by atoms with Crippen molar-refractivity contribution in [2.45, 2.75) is 13.0 Å². The maximum atomic E-state index is 12.1. The standard InChI is InChI=1S/C7H8F2N2O/c8-7(9)5-3-11-2-4(1-10)6(5)12/h2-3,7H,1,10H2,(H,11,12). The molecule has 0 radical (unpaired) electrons. The average molecular weight is 174 g/mol. The number of nitrogens with one attached hydrogen (secondary N) is 1. The fraction of sp³-hybridized carbons (Fsp3) is 0.286. The van der Waals surface area contributed by atoms with Crippen LogP contribution in [0.25, 0.3) is 0 Å². The Morgan fingerprint density at radius 2 is 2.17 bits per heavy atom. The highest BCUT2D eigenvalue weighted by Crippen LogP contribution is 2.13. The zero-order valence-electron chi connectivity index (χ0n) is 6.18. The van der Waals surface area contributed by atoms with Crippen LogP contribution >= 0.6 is 0 Å². The predicted molar refractivity (Wildman–Crippen MR) is 39.9 cm³/mol. The molecule has 0 bridgehead atoms. The number of aromatic nitrogens is 1. The molecule has 0 aliphatic heterocycles. The van der Waals surface area contributed by atoms with Crippen molar-refractivity contribution in [3.05, 3.63) is 33.7 Å². The van der Waals surface area contributed by atoms with Gasteiger partial charge >= 0.3 is 0 Å². The zero-order chi connectivity index (χ0) is 9.14. The van der Waals surface area contributed by atoms with E-state index in [4.69, 9.17) is 5.73 Å². The molecule has 0 saturated heterocycles. The molecule has 0 aliphatic carbocycles. The van der Waals surface area contributed by atoms with E-state index in [1.165, 1.54) is 6.20 Å². The maximum Gasteiger partial charge on any atom is 0.269 e. The number of hydrogen-bond donors (Lipinski definition) is 2. The minimum Gasteiger partial charge on any atom is -0.367 e. The molecule has 3 N–H and O–H groups in total. The smallest absolute Gasteiger partial charge is 0.269 e. The summed E-state index contributed by atoms with van der Waals surface area (Å²) in [7, 11) is 0. The molecule has 66 valence electrons. The van der Waals surface area contributed by atoms with Gasteiger partial charge in [0, 0.05) is 24.5 Å². The van der Waals surface area contributed by atoms with Gasteiger partial charge in [0.1, 0.15) is 0 Å². The summed E-state index contributed by atoms with van der Waals surface area (Å²) in [6, 6.07) is 0. The molecule has 1 aromatic heterocycles. The van der Waals surface area contributed by atoms with Gasteiger partial charge in [-0.3, -0.25) is 4.79 Å². The van der Waals surface area contributed by atoms with E-state index < -0.39 is 17.4 Å². The van der Waals surface area contributed by atoms with Crippen LogP contribution in [-0.4, -0.2) is 4.98 Å². The third kappa shape index (κ3) is 1.50. The normalized spacial score (nSPS) is 10.7. The van der Waals surface area contributed by atoms with Crippen molar-refractivity contribution in [3.8, 4) is 0 Å². The van der Waals surface area contributed by atoms with Gasteiger partial charge in [0.15, 0.2) is 5.43 Å². The zero-order valence-corrected chi connectivity index (χ0v) is 6.18. The van der Waals surface area contributed by atoms with Gasteiger partial charge in [0.25, 0.3) is 6.43 Å². The molecule has 0 saturated carbocycles. The number of alkyl halides is 2. The highest BCUT2D eigenvalue weighted by atomic mass is 19.3. The summed E-state index contributed by atoms with van der Waals surface area (Å²) in [5.74, 6) is 0. The Hall–Kier alpha value is -1.23. The molecule has 1 heterocycles. The van der Waals surface area contributed by atoms with E-state index >= 15 is 0 Å². The Labute approximate surface area is 67.2 Å². The molecule has 0 unspecified atom stereocenters. The maximum absolute atomic E-state index is 12.1. The van der Waals surface area contributed by atoms with Crippen LogP contribution in [0.4, 0.5) is 8.78 Å². The molecule has 12 heavy (non-hydrogen) atoms. The predicted octanol–water partition coefficient (Wildman–Crippen LogP) is 0.771. The largest absolute Gasteiger partial charge is 0.367 e. The van der Waals surface area contributed by atoms with E-state index in [9.17, 15) is 13.6 Å². The third-order valence-electron chi connectivity index (χ3n) is 1.51. The van der Waals surface area contributed by atoms with Crippen molar-refractivity contribution in [2.75, 3.05) is 0 Å². The molecule has 0 aromatic carbocycles. The second-order valence-electron chi connectivity index (χ2n) is 2.27. The van der Waals surface area contributed by atoms with Gasteiger partial charge in [-0.2, -0.15) is 0 Å². The lowest BCUT2D eigenvalue weighted by Gasteiger charge is -2.00. The molecular weight excluding hydrogens is 166 g/mol. The molecule has 3 nitrogen and oxygen atoms in total. The van der Waals surface area contributed by atoms with E-state index in [1.807, 2.05) is 0 Å². The Balaban J connectivity index is 3.24. The number of pyridine rings is 1. The summed E-state index contributed by atoms with van der Waals surface area (Å²) in [6.07, 6.45) is -0.430. The van der Waals surface area contributed by atoms with Gasteiger partial charge in [-0.05, 0) is 0 Å². The van der Waals surface area contributed by atoms with Crippen LogP contribution in [0.15, 0.2) is 17.2 Å². The fourth-order valence-corrected chi connectivity index (χ4v) is 0.862. The SMILES string of the molecule is NCc1c[nH]cc(C(F)F)c1=O. The monoisotopic (exact) mass is 174 g/mol. The first-order valence-electron chi connectivity index (χ1n) is 3.35. The van der Waals surface area contributed by atoms with Crippen LogP contribution in [0.3, 0.4) is 0 Å². The van der Waals surface area contributed by atoms with E-state index in [1.54, 1.807) is 0 Å². The van der Waals surface area contributed by atoms with Gasteiger partial charge in [-0.25, -0.2) is 8.78 Å². The summed E-state index contributed by atoms with van der Waals surface area (Å²) >= 11 is 0. The van der Waals surface area contributed by atoms with Crippen LogP contribution in [0.1, 0.15) is 17.6 Å². The molecule has 5 heteroatoms. The number of H-pyrrole nitrogens is 1. The third-order valence-corrected chi connectivity index (χ3v) is 1.51. The topological polar surface area (TPSA) is 58.9 Å². The van der Waals surface area contributed by atoms with Crippen molar-refractivity contribution < 1.29 is 8.78 Å². The molecule has 0 aliphatic rings. The first-order valence-corrected chi connectivity index (χ1v) is 3.35. The minimum atomic E-state index is -2.75. The summed E-state index contributed by atoms with van der Waals surface area (Å²) in [4.78, 5) is 13.5. The highest BCUT2D eigenvalue weighted by Gasteiger charge is 2.12. The molecule has 1 aromatic rings. The van der Waals surface area contributed by atoms with Crippen LogP contribution in [0.2, 0.25) is 0 Å². The summed E-state index contributed by atoms with van der Waals surface area (Å²) in [6.45, 7) is -0.0319. The van der Waals surface area contributed by atoms with Crippen LogP contribution in [0, 0.1) is 0 Å². The van der Waals surface area contributed by atoms with Crippen molar-refractivity contribution in [1.82, 2.24) is 4.98 Å². The lowest BCUT2D eigenvalue weighted by atomic mass is 10.2. The second kappa shape index (κ2) is 3.44. The van der Waals surface area contributed by atoms with Gasteiger partial charge in [0.05, 0.1) is 5.56 Å². The second-order valence-corrected chi connectivity index (χ2v) is 2.27. The summed E-state index contributed by atoms with van der Waals surface area (Å²) < 4.78 is 24.2. The average Bonchev–Trinajstić information content (AvgIpc) is 2.04. The Bertz CT molecular complexity index is 321. The molecule has 0 fully saturated rings. The molecule has 0 amide bonds. The fourth-order valence-electron chi connectivity index (χ4n) is 0.862. The number of aromatic amines is 1. The first-order chi connectivity index (χ1) is 5.66. The molecule has 0 spiro atoms. The number of halogens is 2. The Morgan fingerprint density at radius 3 is 2.67 bits per heavy atom. The first kappa shape index (κ1) is 8.86. The van der Waals surface area contributed by atoms with Gasteiger partial charge < -0.3 is 10.7 Å². The van der Waals surface area contributed by atoms with E-state index in [0.717, 1.165) is 6.20 Å².